The number of halogens is 4. The zero-order chi connectivity index (χ0) is 58.3. The Morgan fingerprint density at radius 1 is 0.567 bits per heavy atom. The van der Waals surface area contributed by atoms with Gasteiger partial charge < -0.3 is 40.7 Å². The maximum atomic E-state index is 11.6. The van der Waals surface area contributed by atoms with E-state index in [0.29, 0.717) is 6.54 Å². The summed E-state index contributed by atoms with van der Waals surface area (Å²) in [5.74, 6) is 0.250. The van der Waals surface area contributed by atoms with Crippen molar-refractivity contribution < 1.29 is 32.1 Å². The molecule has 1 atom stereocenters. The van der Waals surface area contributed by atoms with Crippen molar-refractivity contribution in [2.24, 2.45) is 17.8 Å². The first-order chi connectivity index (χ1) is 30.6. The van der Waals surface area contributed by atoms with Gasteiger partial charge in [0.05, 0.1) is 6.17 Å². The molecule has 67 heavy (non-hydrogen) atoms. The summed E-state index contributed by atoms with van der Waals surface area (Å²) in [6.07, 6.45) is 9.20. The Kier molecular flexibility index (Phi) is 230. The quantitative estimate of drug-likeness (QED) is 0.161. The fourth-order valence-electron chi connectivity index (χ4n) is 0.448. The number of rotatable bonds is 7. The Morgan fingerprint density at radius 3 is 0.672 bits per heavy atom. The number of hydrogen-bond acceptors (Lipinski definition) is 8. The minimum absolute atomic E-state index is 0.167. The summed E-state index contributed by atoms with van der Waals surface area (Å²) in [5.41, 5.74) is 0. The van der Waals surface area contributed by atoms with Crippen molar-refractivity contribution in [1.29, 1.82) is 0 Å². The van der Waals surface area contributed by atoms with E-state index in [1.54, 1.807) is 42.2 Å². The Hall–Kier alpha value is -0.600. The number of methoxy groups -OCH3 is 2. The van der Waals surface area contributed by atoms with Gasteiger partial charge in [0.2, 0.25) is 5.92 Å². The summed E-state index contributed by atoms with van der Waals surface area (Å²) in [6, 6.07) is 0. The summed E-state index contributed by atoms with van der Waals surface area (Å²) in [4.78, 5) is 2.00. The molecule has 0 saturated heterocycles. The van der Waals surface area contributed by atoms with Crippen LogP contribution in [0.2, 0.25) is 0 Å². The van der Waals surface area contributed by atoms with E-state index < -0.39 is 18.3 Å². The van der Waals surface area contributed by atoms with E-state index in [9.17, 15) is 17.6 Å². The SMILES string of the molecule is CC(C)(F)F.CC(C)C.CC(C)C.CC(C)F.CC(C)O.CC1CC1.CCC.CCC.CCCC.CCCC.CCNC.CCNC.CCOC.CN(C)C.CNC.CNCC(C)F.COC. The average molecular weight is 999 g/mol. The van der Waals surface area contributed by atoms with Gasteiger partial charge in [-0.05, 0) is 143 Å². The molecule has 0 spiro atoms. The van der Waals surface area contributed by atoms with Gasteiger partial charge in [0, 0.05) is 40.6 Å². The first-order valence-corrected chi connectivity index (χ1v) is 25.9. The lowest BCUT2D eigenvalue weighted by atomic mass is 10.3. The predicted octanol–water partition coefficient (Wildman–Crippen LogP) is 16.5. The highest BCUT2D eigenvalue weighted by atomic mass is 19.3. The molecule has 12 heteroatoms. The Balaban J connectivity index is -0.0000000295. The van der Waals surface area contributed by atoms with E-state index in [0.717, 1.165) is 51.3 Å². The second-order valence-electron chi connectivity index (χ2n) is 17.6. The minimum Gasteiger partial charge on any atom is -0.394 e. The zero-order valence-corrected chi connectivity index (χ0v) is 53.7. The van der Waals surface area contributed by atoms with Gasteiger partial charge in [0.1, 0.15) is 6.17 Å². The summed E-state index contributed by atoms with van der Waals surface area (Å²) in [5, 5.41) is 19.4. The van der Waals surface area contributed by atoms with Gasteiger partial charge in [0.25, 0.3) is 0 Å². The van der Waals surface area contributed by atoms with Crippen LogP contribution in [0.1, 0.15) is 224 Å². The van der Waals surface area contributed by atoms with Crippen LogP contribution in [0, 0.1) is 17.8 Å². The molecule has 0 aromatic rings. The van der Waals surface area contributed by atoms with E-state index in [2.05, 4.69) is 148 Å². The van der Waals surface area contributed by atoms with Crippen molar-refractivity contribution in [3.05, 3.63) is 0 Å². The standard InChI is InChI=1S/C4H10FN.C4H8.4C4H10.C3H6F2.C3H7F.3C3H9N.2C3H8O.2C3H8.C2H7N.C2H6O/c1-4(5)3-6-2;1-4-2-3-4;2*1-4(2)3;2*1-3-4-2;1-3(2,4)5;1-3(2)4;1-4(2)3;3*1-3-4-2;1-3(2)4;4*1-3-2/h4,6H,3H2,1-2H3;4H,2-3H2,1H3;2*4H,1-3H3;2*3-4H2,1-2H3;1-2H3;3H,1-2H3;1-3H3;2*4H,3H2,1-2H3;3H2,1-2H3;3-4H,1-2H3;2*3H2,1-2H3;3H,1-2H3;1-2H3. The van der Waals surface area contributed by atoms with Crippen molar-refractivity contribution in [2.75, 3.05) is 104 Å². The fraction of sp³-hybridized carbons (Fsp3) is 1.00. The van der Waals surface area contributed by atoms with Crippen LogP contribution in [-0.2, 0) is 9.47 Å². The molecular weight excluding hydrogens is 855 g/mol. The van der Waals surface area contributed by atoms with Gasteiger partial charge in [-0.15, -0.1) is 0 Å². The number of hydrogen-bond donors (Lipinski definition) is 5. The number of alkyl halides is 4. The third kappa shape index (κ3) is 2430. The number of aliphatic hydroxyl groups is 1. The van der Waals surface area contributed by atoms with Crippen molar-refractivity contribution in [2.45, 2.75) is 249 Å². The maximum absolute atomic E-state index is 11.6. The molecule has 0 heterocycles. The normalized spacial score (nSPS) is 9.76. The molecule has 1 aliphatic carbocycles. The van der Waals surface area contributed by atoms with Crippen molar-refractivity contribution >= 4 is 0 Å². The van der Waals surface area contributed by atoms with Gasteiger partial charge in [0.15, 0.2) is 0 Å². The molecule has 0 aromatic heterocycles. The molecule has 8 nitrogen and oxygen atoms in total. The fourth-order valence-corrected chi connectivity index (χ4v) is 0.448. The zero-order valence-electron chi connectivity index (χ0n) is 53.7. The molecule has 0 radical (unpaired) electrons. The molecular formula is C55H143F4N5O3. The third-order valence-corrected chi connectivity index (χ3v) is 3.35. The lowest BCUT2D eigenvalue weighted by molar-refractivity contribution is 0.0437. The molecule has 1 fully saturated rings. The van der Waals surface area contributed by atoms with E-state index >= 15 is 0 Å². The second kappa shape index (κ2) is 138. The van der Waals surface area contributed by atoms with Crippen LogP contribution in [0.3, 0.4) is 0 Å². The van der Waals surface area contributed by atoms with Gasteiger partial charge in [-0.3, -0.25) is 0 Å². The summed E-state index contributed by atoms with van der Waals surface area (Å²) >= 11 is 0. The Labute approximate surface area is 427 Å². The first kappa shape index (κ1) is 112. The average Bonchev–Trinajstić information content (AvgIpc) is 3.97. The molecule has 0 bridgehead atoms. The van der Waals surface area contributed by atoms with Gasteiger partial charge in [-0.2, -0.15) is 0 Å². The van der Waals surface area contributed by atoms with Crippen LogP contribution in [0.4, 0.5) is 17.6 Å². The van der Waals surface area contributed by atoms with Crippen molar-refractivity contribution in [1.82, 2.24) is 26.2 Å². The highest BCUT2D eigenvalue weighted by Gasteiger charge is 2.12. The smallest absolute Gasteiger partial charge is 0.242 e. The topological polar surface area (TPSA) is 90.0 Å². The first-order valence-electron chi connectivity index (χ1n) is 25.9. The summed E-state index contributed by atoms with van der Waals surface area (Å²) in [6.45, 7) is 51.7. The lowest BCUT2D eigenvalue weighted by Crippen LogP contribution is -2.16. The Bertz CT molecular complexity index is 437. The van der Waals surface area contributed by atoms with Crippen LogP contribution >= 0.6 is 0 Å². The predicted molar refractivity (Wildman–Crippen MR) is 311 cm³/mol. The van der Waals surface area contributed by atoms with Crippen LogP contribution in [-0.4, -0.2) is 138 Å². The molecule has 1 rings (SSSR count). The maximum Gasteiger partial charge on any atom is 0.242 e. The highest BCUT2D eigenvalue weighted by Crippen LogP contribution is 2.26. The number of nitrogens with zero attached hydrogens (tertiary/aromatic N) is 1. The third-order valence-electron chi connectivity index (χ3n) is 3.35. The highest BCUT2D eigenvalue weighted by molar-refractivity contribution is 4.65. The number of ether oxygens (including phenoxy) is 2. The largest absolute Gasteiger partial charge is 0.394 e. The molecule has 434 valence electrons. The summed E-state index contributed by atoms with van der Waals surface area (Å²) < 4.78 is 53.5. The Morgan fingerprint density at radius 2 is 0.672 bits per heavy atom. The van der Waals surface area contributed by atoms with Gasteiger partial charge >= 0.3 is 0 Å². The van der Waals surface area contributed by atoms with Crippen LogP contribution < -0.4 is 21.3 Å². The molecule has 1 aliphatic rings. The molecule has 0 amide bonds. The van der Waals surface area contributed by atoms with E-state index in [1.807, 2.05) is 61.2 Å². The molecule has 0 aromatic carbocycles. The van der Waals surface area contributed by atoms with Crippen LogP contribution in [0.15, 0.2) is 0 Å². The molecule has 1 unspecified atom stereocenters. The number of unbranched alkanes of at least 4 members (excludes halogenated alkanes) is 2. The van der Waals surface area contributed by atoms with Crippen molar-refractivity contribution in [3.63, 3.8) is 0 Å². The van der Waals surface area contributed by atoms with Crippen LogP contribution in [0.25, 0.3) is 0 Å². The molecule has 5 N–H and O–H groups in total. The number of nitrogens with one attached hydrogen (secondary N) is 4. The second-order valence-corrected chi connectivity index (χ2v) is 17.6. The summed E-state index contributed by atoms with van der Waals surface area (Å²) in [7, 11) is 20.3. The number of aliphatic hydroxyl groups excluding tert-OH is 1. The van der Waals surface area contributed by atoms with Gasteiger partial charge in [-0.25, -0.2) is 17.6 Å². The lowest BCUT2D eigenvalue weighted by Gasteiger charge is -1.94. The van der Waals surface area contributed by atoms with Crippen molar-refractivity contribution in [3.8, 4) is 0 Å². The molecule has 1 saturated carbocycles. The van der Waals surface area contributed by atoms with Gasteiger partial charge in [-0.1, -0.05) is 169 Å². The van der Waals surface area contributed by atoms with E-state index in [4.69, 9.17) is 5.11 Å². The van der Waals surface area contributed by atoms with E-state index in [1.165, 1.54) is 72.1 Å². The minimum atomic E-state index is -2.50. The van der Waals surface area contributed by atoms with Crippen LogP contribution in [0.5, 0.6) is 0 Å². The molecule has 0 aliphatic heterocycles. The van der Waals surface area contributed by atoms with E-state index in [-0.39, 0.29) is 6.10 Å². The monoisotopic (exact) mass is 998 g/mol.